The first kappa shape index (κ1) is 39.0. The number of benzene rings is 1. The number of hydrogen-bond acceptors (Lipinski definition) is 5. The molecule has 3 atom stereocenters. The predicted octanol–water partition coefficient (Wildman–Crippen LogP) is 8.45. The van der Waals surface area contributed by atoms with Crippen molar-refractivity contribution >= 4 is 23.6 Å². The number of aliphatic carboxylic acids is 2. The van der Waals surface area contributed by atoms with Gasteiger partial charge in [-0.2, -0.15) is 0 Å². The number of Topliss-reactive ketones (excluding diaryl/α,β-unsaturated/α-hetero) is 1. The van der Waals surface area contributed by atoms with Crippen LogP contribution in [0.1, 0.15) is 141 Å². The van der Waals surface area contributed by atoms with E-state index in [0.717, 1.165) is 62.7 Å². The van der Waals surface area contributed by atoms with Gasteiger partial charge in [0.2, 0.25) is 5.91 Å². The lowest BCUT2D eigenvalue weighted by Crippen LogP contribution is -2.43. The summed E-state index contributed by atoms with van der Waals surface area (Å²) in [5.74, 6) is -4.30. The minimum Gasteiger partial charge on any atom is -0.490 e. The van der Waals surface area contributed by atoms with Gasteiger partial charge in [0, 0.05) is 18.9 Å². The van der Waals surface area contributed by atoms with Crippen LogP contribution in [0.25, 0.3) is 0 Å². The molecule has 258 valence electrons. The maximum absolute atomic E-state index is 13.4. The van der Waals surface area contributed by atoms with Gasteiger partial charge in [-0.05, 0) is 81.9 Å². The van der Waals surface area contributed by atoms with Crippen molar-refractivity contribution in [1.29, 1.82) is 0 Å². The van der Waals surface area contributed by atoms with Crippen LogP contribution in [0.15, 0.2) is 36.4 Å². The molecule has 1 fully saturated rings. The van der Waals surface area contributed by atoms with Crippen LogP contribution < -0.4 is 10.1 Å². The van der Waals surface area contributed by atoms with Gasteiger partial charge in [0.25, 0.3) is 0 Å². The lowest BCUT2D eigenvalue weighted by atomic mass is 9.87. The summed E-state index contributed by atoms with van der Waals surface area (Å²) in [5, 5.41) is 22.2. The molecule has 1 amide bonds. The van der Waals surface area contributed by atoms with Gasteiger partial charge in [0.15, 0.2) is 0 Å². The summed E-state index contributed by atoms with van der Waals surface area (Å²) in [6, 6.07) is 7.70. The fraction of sp³-hybridized carbons (Fsp3) is 0.684. The first-order valence-electron chi connectivity index (χ1n) is 17.9. The van der Waals surface area contributed by atoms with E-state index >= 15 is 0 Å². The molecule has 1 saturated carbocycles. The minimum atomic E-state index is -1.37. The van der Waals surface area contributed by atoms with Gasteiger partial charge in [-0.25, -0.2) is 0 Å². The molecule has 2 rings (SSSR count). The van der Waals surface area contributed by atoms with Crippen LogP contribution >= 0.6 is 0 Å². The quantitative estimate of drug-likeness (QED) is 0.0721. The van der Waals surface area contributed by atoms with Crippen molar-refractivity contribution in [1.82, 2.24) is 5.32 Å². The van der Waals surface area contributed by atoms with Crippen LogP contribution in [0.2, 0.25) is 0 Å². The molecular formula is C38H59NO7. The second kappa shape index (κ2) is 23.2. The molecule has 46 heavy (non-hydrogen) atoms. The zero-order valence-corrected chi connectivity index (χ0v) is 28.4. The monoisotopic (exact) mass is 641 g/mol. The van der Waals surface area contributed by atoms with E-state index in [0.29, 0.717) is 37.9 Å². The smallest absolute Gasteiger partial charge is 0.308 e. The van der Waals surface area contributed by atoms with Crippen LogP contribution in [0, 0.1) is 11.8 Å². The van der Waals surface area contributed by atoms with Crippen LogP contribution in [0.3, 0.4) is 0 Å². The Morgan fingerprint density at radius 1 is 0.870 bits per heavy atom. The third-order valence-electron chi connectivity index (χ3n) is 9.03. The maximum atomic E-state index is 13.4. The molecule has 1 aliphatic carbocycles. The van der Waals surface area contributed by atoms with Crippen molar-refractivity contribution < 1.29 is 34.1 Å². The number of carbonyl (C=O) groups is 4. The van der Waals surface area contributed by atoms with E-state index in [1.807, 2.05) is 31.2 Å². The van der Waals surface area contributed by atoms with E-state index in [-0.39, 0.29) is 12.1 Å². The van der Waals surface area contributed by atoms with Gasteiger partial charge in [0.1, 0.15) is 11.5 Å². The molecule has 1 aromatic rings. The lowest BCUT2D eigenvalue weighted by Gasteiger charge is -2.24. The minimum absolute atomic E-state index is 0.230. The van der Waals surface area contributed by atoms with E-state index in [2.05, 4.69) is 12.2 Å². The Balaban J connectivity index is 1.87. The fourth-order valence-corrected chi connectivity index (χ4v) is 6.15. The number of carboxylic acid groups (broad SMARTS) is 2. The number of ether oxygens (including phenoxy) is 1. The summed E-state index contributed by atoms with van der Waals surface area (Å²) in [5.41, 5.74) is 1.03. The first-order valence-corrected chi connectivity index (χ1v) is 17.9. The lowest BCUT2D eigenvalue weighted by molar-refractivity contribution is -0.151. The Labute approximate surface area is 276 Å². The predicted molar refractivity (Wildman–Crippen MR) is 182 cm³/mol. The number of nitrogens with one attached hydrogen (secondary N) is 1. The van der Waals surface area contributed by atoms with Gasteiger partial charge in [0.05, 0.1) is 24.4 Å². The third kappa shape index (κ3) is 16.4. The molecular weight excluding hydrogens is 582 g/mol. The number of unbranched alkanes of at least 4 members (excludes halogenated alkanes) is 8. The second-order valence-electron chi connectivity index (χ2n) is 13.0. The van der Waals surface area contributed by atoms with E-state index < -0.39 is 36.1 Å². The topological polar surface area (TPSA) is 130 Å². The Morgan fingerprint density at radius 3 is 2.09 bits per heavy atom. The zero-order chi connectivity index (χ0) is 33.6. The first-order chi connectivity index (χ1) is 22.2. The standard InChI is InChI=1S/C38H59NO7/c1-3-5-6-9-13-18-31(40)19-14-10-7-8-11-17-22-34(35(38(44)45)28-36(41)42)37(43)39-30(4-2)27-29-23-25-33(26-24-29)46-32-20-15-12-16-21-32/h17,22-26,30,32,34-35H,3-16,18-21,27-28H2,1-2H3,(H,39,43)(H,41,42)(H,44,45)/b22-17+/t30-,34+,35?/m1/s1. The molecule has 0 spiro atoms. The average molecular weight is 642 g/mol. The highest BCUT2D eigenvalue weighted by Gasteiger charge is 2.34. The number of carboxylic acids is 2. The van der Waals surface area contributed by atoms with Gasteiger partial charge in [-0.1, -0.05) is 83.1 Å². The SMILES string of the molecule is CCCCCCCC(=O)CCCCCC/C=C/[C@H](C(=O)N[C@H](CC)Cc1ccc(OC2CCCCC2)cc1)C(CC(=O)O)C(=O)O. The Kier molecular flexibility index (Phi) is 19.7. The van der Waals surface area contributed by atoms with Crippen molar-refractivity contribution in [2.45, 2.75) is 154 Å². The summed E-state index contributed by atoms with van der Waals surface area (Å²) in [6.07, 6.45) is 21.4. The number of ketones is 1. The van der Waals surface area contributed by atoms with Crippen molar-refractivity contribution in [3.8, 4) is 5.75 Å². The number of hydrogen-bond donors (Lipinski definition) is 3. The molecule has 0 aromatic heterocycles. The van der Waals surface area contributed by atoms with E-state index in [4.69, 9.17) is 4.74 Å². The van der Waals surface area contributed by atoms with Crippen molar-refractivity contribution in [2.24, 2.45) is 11.8 Å². The normalized spacial score (nSPS) is 15.7. The molecule has 8 nitrogen and oxygen atoms in total. The number of allylic oxidation sites excluding steroid dienone is 1. The third-order valence-corrected chi connectivity index (χ3v) is 9.03. The molecule has 0 bridgehead atoms. The largest absolute Gasteiger partial charge is 0.490 e. The van der Waals surface area contributed by atoms with Crippen LogP contribution in [0.4, 0.5) is 0 Å². The molecule has 0 heterocycles. The molecule has 0 aliphatic heterocycles. The summed E-state index contributed by atoms with van der Waals surface area (Å²) in [6.45, 7) is 4.14. The van der Waals surface area contributed by atoms with E-state index in [9.17, 15) is 29.4 Å². The summed E-state index contributed by atoms with van der Waals surface area (Å²) in [4.78, 5) is 49.1. The molecule has 8 heteroatoms. The highest BCUT2D eigenvalue weighted by molar-refractivity contribution is 5.88. The van der Waals surface area contributed by atoms with E-state index in [1.165, 1.54) is 38.5 Å². The molecule has 1 aliphatic rings. The van der Waals surface area contributed by atoms with Crippen LogP contribution in [0.5, 0.6) is 5.75 Å². The highest BCUT2D eigenvalue weighted by atomic mass is 16.5. The van der Waals surface area contributed by atoms with Gasteiger partial charge in [-0.3, -0.25) is 19.2 Å². The van der Waals surface area contributed by atoms with Crippen LogP contribution in [-0.2, 0) is 25.6 Å². The van der Waals surface area contributed by atoms with E-state index in [1.54, 1.807) is 12.2 Å². The fourth-order valence-electron chi connectivity index (χ4n) is 6.15. The molecule has 1 unspecified atom stereocenters. The molecule has 1 aromatic carbocycles. The number of carbonyl (C=O) groups excluding carboxylic acids is 2. The summed E-state index contributed by atoms with van der Waals surface area (Å²) in [7, 11) is 0. The van der Waals surface area contributed by atoms with Crippen molar-refractivity contribution in [2.75, 3.05) is 0 Å². The van der Waals surface area contributed by atoms with Crippen molar-refractivity contribution in [3.05, 3.63) is 42.0 Å². The van der Waals surface area contributed by atoms with Crippen LogP contribution in [-0.4, -0.2) is 46.0 Å². The molecule has 0 saturated heterocycles. The summed E-state index contributed by atoms with van der Waals surface area (Å²) < 4.78 is 6.13. The highest BCUT2D eigenvalue weighted by Crippen LogP contribution is 2.25. The molecule has 3 N–H and O–H groups in total. The maximum Gasteiger partial charge on any atom is 0.308 e. The van der Waals surface area contributed by atoms with Gasteiger partial charge >= 0.3 is 11.9 Å². The van der Waals surface area contributed by atoms with Gasteiger partial charge < -0.3 is 20.3 Å². The zero-order valence-electron chi connectivity index (χ0n) is 28.4. The average Bonchev–Trinajstić information content (AvgIpc) is 3.04. The number of amides is 1. The van der Waals surface area contributed by atoms with Crippen molar-refractivity contribution in [3.63, 3.8) is 0 Å². The Hall–Kier alpha value is -3.16. The summed E-state index contributed by atoms with van der Waals surface area (Å²) >= 11 is 0. The van der Waals surface area contributed by atoms with Gasteiger partial charge in [-0.15, -0.1) is 0 Å². The number of rotatable bonds is 25. The Bertz CT molecular complexity index is 1060. The Morgan fingerprint density at radius 2 is 1.50 bits per heavy atom. The molecule has 0 radical (unpaired) electrons. The second-order valence-corrected chi connectivity index (χ2v) is 13.0.